The summed E-state index contributed by atoms with van der Waals surface area (Å²) in [6.45, 7) is 1.76. The normalized spacial score (nSPS) is 10.1. The molecule has 0 aliphatic heterocycles. The van der Waals surface area contributed by atoms with E-state index in [4.69, 9.17) is 0 Å². The Labute approximate surface area is 103 Å². The standard InChI is InChI=1S/C13H11FN2O2/c1-8-6-10(17)3-5-11(8)16-13(18)12-4-2-9(14)7-15-12/h2-7,17H,1H3,(H,16,18). The van der Waals surface area contributed by atoms with E-state index in [1.54, 1.807) is 13.0 Å². The van der Waals surface area contributed by atoms with Gasteiger partial charge in [0.2, 0.25) is 0 Å². The van der Waals surface area contributed by atoms with Gasteiger partial charge in [-0.25, -0.2) is 9.37 Å². The summed E-state index contributed by atoms with van der Waals surface area (Å²) >= 11 is 0. The summed E-state index contributed by atoms with van der Waals surface area (Å²) in [5, 5.41) is 11.9. The van der Waals surface area contributed by atoms with Crippen molar-refractivity contribution in [1.82, 2.24) is 4.98 Å². The molecule has 92 valence electrons. The maximum absolute atomic E-state index is 12.7. The van der Waals surface area contributed by atoms with Crippen LogP contribution in [-0.4, -0.2) is 16.0 Å². The molecule has 0 bridgehead atoms. The Bertz CT molecular complexity index is 582. The fourth-order valence-corrected chi connectivity index (χ4v) is 1.48. The maximum atomic E-state index is 12.7. The molecule has 1 aromatic carbocycles. The van der Waals surface area contributed by atoms with Crippen molar-refractivity contribution >= 4 is 11.6 Å². The van der Waals surface area contributed by atoms with Crippen molar-refractivity contribution < 1.29 is 14.3 Å². The quantitative estimate of drug-likeness (QED) is 0.800. The van der Waals surface area contributed by atoms with Gasteiger partial charge in [-0.2, -0.15) is 0 Å². The minimum atomic E-state index is -0.493. The summed E-state index contributed by atoms with van der Waals surface area (Å²) in [7, 11) is 0. The van der Waals surface area contributed by atoms with Crippen LogP contribution in [0.4, 0.5) is 10.1 Å². The van der Waals surface area contributed by atoms with Gasteiger partial charge >= 0.3 is 0 Å². The topological polar surface area (TPSA) is 62.2 Å². The molecule has 0 aliphatic carbocycles. The summed E-state index contributed by atoms with van der Waals surface area (Å²) in [6, 6.07) is 7.08. The average Bonchev–Trinajstić information content (AvgIpc) is 2.33. The van der Waals surface area contributed by atoms with E-state index in [1.807, 2.05) is 0 Å². The van der Waals surface area contributed by atoms with Gasteiger partial charge < -0.3 is 10.4 Å². The van der Waals surface area contributed by atoms with Crippen molar-refractivity contribution in [2.45, 2.75) is 6.92 Å². The number of nitrogens with one attached hydrogen (secondary N) is 1. The molecule has 2 N–H and O–H groups in total. The number of hydrogen-bond acceptors (Lipinski definition) is 3. The highest BCUT2D eigenvalue weighted by atomic mass is 19.1. The van der Waals surface area contributed by atoms with Crippen LogP contribution < -0.4 is 5.32 Å². The lowest BCUT2D eigenvalue weighted by atomic mass is 10.2. The third-order valence-corrected chi connectivity index (χ3v) is 2.42. The number of aryl methyl sites for hydroxylation is 1. The molecule has 0 aliphatic rings. The number of aromatic hydroxyl groups is 1. The van der Waals surface area contributed by atoms with Crippen LogP contribution in [0.1, 0.15) is 16.1 Å². The second kappa shape index (κ2) is 4.83. The van der Waals surface area contributed by atoms with Gasteiger partial charge in [-0.05, 0) is 42.8 Å². The predicted molar refractivity (Wildman–Crippen MR) is 65.0 cm³/mol. The van der Waals surface area contributed by atoms with E-state index < -0.39 is 11.7 Å². The highest BCUT2D eigenvalue weighted by Crippen LogP contribution is 2.20. The minimum Gasteiger partial charge on any atom is -0.508 e. The van der Waals surface area contributed by atoms with Crippen LogP contribution >= 0.6 is 0 Å². The number of nitrogens with zero attached hydrogens (tertiary/aromatic N) is 1. The molecule has 0 atom stereocenters. The molecule has 0 radical (unpaired) electrons. The fourth-order valence-electron chi connectivity index (χ4n) is 1.48. The van der Waals surface area contributed by atoms with E-state index in [-0.39, 0.29) is 11.4 Å². The number of hydrogen-bond donors (Lipinski definition) is 2. The van der Waals surface area contributed by atoms with Crippen molar-refractivity contribution in [2.24, 2.45) is 0 Å². The molecule has 18 heavy (non-hydrogen) atoms. The second-order valence-corrected chi connectivity index (χ2v) is 3.82. The van der Waals surface area contributed by atoms with Crippen molar-refractivity contribution in [1.29, 1.82) is 0 Å². The molecular formula is C13H11FN2O2. The molecule has 0 spiro atoms. The van der Waals surface area contributed by atoms with Crippen LogP contribution in [0.2, 0.25) is 0 Å². The van der Waals surface area contributed by atoms with E-state index >= 15 is 0 Å². The number of anilines is 1. The summed E-state index contributed by atoms with van der Waals surface area (Å²) in [5.41, 5.74) is 1.43. The van der Waals surface area contributed by atoms with Gasteiger partial charge in [-0.15, -0.1) is 0 Å². The van der Waals surface area contributed by atoms with Gasteiger partial charge in [0, 0.05) is 5.69 Å². The van der Waals surface area contributed by atoms with Gasteiger partial charge in [0.25, 0.3) is 5.91 Å². The second-order valence-electron chi connectivity index (χ2n) is 3.82. The Morgan fingerprint density at radius 3 is 2.72 bits per heavy atom. The van der Waals surface area contributed by atoms with Crippen LogP contribution in [0.3, 0.4) is 0 Å². The summed E-state index contributed by atoms with van der Waals surface area (Å²) in [5.74, 6) is -0.790. The number of benzene rings is 1. The number of carbonyl (C=O) groups is 1. The lowest BCUT2D eigenvalue weighted by Crippen LogP contribution is -2.14. The Balaban J connectivity index is 2.18. The van der Waals surface area contributed by atoms with Crippen LogP contribution in [-0.2, 0) is 0 Å². The van der Waals surface area contributed by atoms with Crippen molar-refractivity contribution in [3.8, 4) is 5.75 Å². The van der Waals surface area contributed by atoms with E-state index in [2.05, 4.69) is 10.3 Å². The fraction of sp³-hybridized carbons (Fsp3) is 0.0769. The first-order valence-electron chi connectivity index (χ1n) is 5.29. The van der Waals surface area contributed by atoms with Crippen LogP contribution in [0.15, 0.2) is 36.5 Å². The zero-order valence-electron chi connectivity index (χ0n) is 9.64. The van der Waals surface area contributed by atoms with E-state index in [9.17, 15) is 14.3 Å². The molecule has 1 aromatic heterocycles. The molecule has 4 nitrogen and oxygen atoms in total. The first kappa shape index (κ1) is 12.0. The number of pyridine rings is 1. The van der Waals surface area contributed by atoms with Gasteiger partial charge in [-0.1, -0.05) is 0 Å². The lowest BCUT2D eigenvalue weighted by Gasteiger charge is -2.08. The molecule has 5 heteroatoms. The molecule has 0 saturated heterocycles. The Morgan fingerprint density at radius 1 is 1.33 bits per heavy atom. The number of rotatable bonds is 2. The summed E-state index contributed by atoms with van der Waals surface area (Å²) in [6.07, 6.45) is 0.985. The van der Waals surface area contributed by atoms with Gasteiger partial charge in [0.05, 0.1) is 6.20 Å². The molecule has 1 heterocycles. The van der Waals surface area contributed by atoms with Crippen LogP contribution in [0.25, 0.3) is 0 Å². The number of amides is 1. The largest absolute Gasteiger partial charge is 0.508 e. The molecule has 1 amide bonds. The number of halogens is 1. The smallest absolute Gasteiger partial charge is 0.274 e. The van der Waals surface area contributed by atoms with Gasteiger partial charge in [-0.3, -0.25) is 4.79 Å². The third-order valence-electron chi connectivity index (χ3n) is 2.42. The zero-order chi connectivity index (χ0) is 13.1. The highest BCUT2D eigenvalue weighted by molar-refractivity contribution is 6.03. The summed E-state index contributed by atoms with van der Waals surface area (Å²) < 4.78 is 12.7. The predicted octanol–water partition coefficient (Wildman–Crippen LogP) is 2.49. The Hall–Kier alpha value is -2.43. The van der Waals surface area contributed by atoms with Crippen LogP contribution in [0, 0.1) is 12.7 Å². The van der Waals surface area contributed by atoms with Gasteiger partial charge in [0.1, 0.15) is 17.3 Å². The average molecular weight is 246 g/mol. The summed E-state index contributed by atoms with van der Waals surface area (Å²) in [4.78, 5) is 15.5. The van der Waals surface area contributed by atoms with Gasteiger partial charge in [0.15, 0.2) is 0 Å². The number of carbonyl (C=O) groups excluding carboxylic acids is 1. The molecule has 0 saturated carbocycles. The number of aromatic nitrogens is 1. The molecule has 0 fully saturated rings. The van der Waals surface area contributed by atoms with E-state index in [0.717, 1.165) is 11.8 Å². The maximum Gasteiger partial charge on any atom is 0.274 e. The Kier molecular flexibility index (Phi) is 3.23. The molecule has 0 unspecified atom stereocenters. The Morgan fingerprint density at radius 2 is 2.11 bits per heavy atom. The molecule has 2 aromatic rings. The number of phenolic OH excluding ortho intramolecular Hbond substituents is 1. The minimum absolute atomic E-state index is 0.129. The van der Waals surface area contributed by atoms with Crippen molar-refractivity contribution in [3.05, 3.63) is 53.6 Å². The van der Waals surface area contributed by atoms with Crippen molar-refractivity contribution in [2.75, 3.05) is 5.32 Å². The van der Waals surface area contributed by atoms with Crippen LogP contribution in [0.5, 0.6) is 5.75 Å². The highest BCUT2D eigenvalue weighted by Gasteiger charge is 2.09. The molecule has 2 rings (SSSR count). The SMILES string of the molecule is Cc1cc(O)ccc1NC(=O)c1ccc(F)cn1. The zero-order valence-corrected chi connectivity index (χ0v) is 9.64. The first-order valence-corrected chi connectivity index (χ1v) is 5.29. The number of phenols is 1. The van der Waals surface area contributed by atoms with E-state index in [0.29, 0.717) is 5.69 Å². The first-order chi connectivity index (χ1) is 8.56. The third kappa shape index (κ3) is 2.63. The molecular weight excluding hydrogens is 235 g/mol. The van der Waals surface area contributed by atoms with E-state index in [1.165, 1.54) is 24.3 Å². The monoisotopic (exact) mass is 246 g/mol. The van der Waals surface area contributed by atoms with Crippen molar-refractivity contribution in [3.63, 3.8) is 0 Å². The lowest BCUT2D eigenvalue weighted by molar-refractivity contribution is 0.102.